The van der Waals surface area contributed by atoms with Crippen LogP contribution in [0.15, 0.2) is 18.2 Å². The second-order valence-electron chi connectivity index (χ2n) is 4.63. The Morgan fingerprint density at radius 3 is 2.53 bits per heavy atom. The van der Waals surface area contributed by atoms with Gasteiger partial charge in [-0.05, 0) is 38.3 Å². The standard InChI is InChI=1S/C13H21NO/c1-5-11-8-6-7-10(2)12(11)14-9-13(3,4)15/h6-8,14-15H,5,9H2,1-4H3. The molecule has 84 valence electrons. The Morgan fingerprint density at radius 2 is 2.00 bits per heavy atom. The van der Waals surface area contributed by atoms with Crippen molar-refractivity contribution >= 4 is 5.69 Å². The van der Waals surface area contributed by atoms with E-state index in [2.05, 4.69) is 37.4 Å². The largest absolute Gasteiger partial charge is 0.389 e. The van der Waals surface area contributed by atoms with Crippen molar-refractivity contribution in [1.29, 1.82) is 0 Å². The van der Waals surface area contributed by atoms with Crippen molar-refractivity contribution in [3.05, 3.63) is 29.3 Å². The minimum atomic E-state index is -0.673. The van der Waals surface area contributed by atoms with Gasteiger partial charge in [0.2, 0.25) is 0 Å². The first-order chi connectivity index (χ1) is 6.94. The molecule has 0 spiro atoms. The highest BCUT2D eigenvalue weighted by molar-refractivity contribution is 5.57. The van der Waals surface area contributed by atoms with E-state index in [1.165, 1.54) is 16.8 Å². The highest BCUT2D eigenvalue weighted by atomic mass is 16.3. The smallest absolute Gasteiger partial charge is 0.0763 e. The van der Waals surface area contributed by atoms with E-state index in [9.17, 15) is 5.11 Å². The van der Waals surface area contributed by atoms with Crippen LogP contribution >= 0.6 is 0 Å². The van der Waals surface area contributed by atoms with Crippen LogP contribution in [0.4, 0.5) is 5.69 Å². The van der Waals surface area contributed by atoms with Crippen LogP contribution in [0.5, 0.6) is 0 Å². The van der Waals surface area contributed by atoms with E-state index in [0.717, 1.165) is 6.42 Å². The Bertz CT molecular complexity index is 326. The van der Waals surface area contributed by atoms with E-state index < -0.39 is 5.60 Å². The third kappa shape index (κ3) is 3.56. The Kier molecular flexibility index (Phi) is 3.75. The first-order valence-electron chi connectivity index (χ1n) is 5.49. The van der Waals surface area contributed by atoms with Gasteiger partial charge in [0, 0.05) is 12.2 Å². The summed E-state index contributed by atoms with van der Waals surface area (Å²) < 4.78 is 0. The predicted octanol–water partition coefficient (Wildman–Crippen LogP) is 2.74. The summed E-state index contributed by atoms with van der Waals surface area (Å²) in [5, 5.41) is 13.0. The number of hydrogen-bond acceptors (Lipinski definition) is 2. The Morgan fingerprint density at radius 1 is 1.33 bits per heavy atom. The summed E-state index contributed by atoms with van der Waals surface area (Å²) in [6, 6.07) is 6.29. The summed E-state index contributed by atoms with van der Waals surface area (Å²) in [7, 11) is 0. The Hall–Kier alpha value is -1.02. The lowest BCUT2D eigenvalue weighted by Gasteiger charge is -2.21. The minimum Gasteiger partial charge on any atom is -0.389 e. The van der Waals surface area contributed by atoms with E-state index in [1.54, 1.807) is 0 Å². The molecule has 2 N–H and O–H groups in total. The fraction of sp³-hybridized carbons (Fsp3) is 0.538. The quantitative estimate of drug-likeness (QED) is 0.795. The maximum Gasteiger partial charge on any atom is 0.0763 e. The number of aryl methyl sites for hydroxylation is 2. The van der Waals surface area contributed by atoms with Crippen molar-refractivity contribution in [2.24, 2.45) is 0 Å². The lowest BCUT2D eigenvalue weighted by atomic mass is 10.0. The fourth-order valence-electron chi connectivity index (χ4n) is 1.58. The van der Waals surface area contributed by atoms with Crippen molar-refractivity contribution in [2.45, 2.75) is 39.7 Å². The monoisotopic (exact) mass is 207 g/mol. The lowest BCUT2D eigenvalue weighted by molar-refractivity contribution is 0.0945. The van der Waals surface area contributed by atoms with Gasteiger partial charge in [-0.25, -0.2) is 0 Å². The molecule has 0 heterocycles. The van der Waals surface area contributed by atoms with Crippen molar-refractivity contribution in [3.63, 3.8) is 0 Å². The van der Waals surface area contributed by atoms with Gasteiger partial charge in [0.25, 0.3) is 0 Å². The summed E-state index contributed by atoms with van der Waals surface area (Å²) >= 11 is 0. The molecule has 0 atom stereocenters. The van der Waals surface area contributed by atoms with Gasteiger partial charge >= 0.3 is 0 Å². The molecule has 0 saturated heterocycles. The molecule has 2 heteroatoms. The fourth-order valence-corrected chi connectivity index (χ4v) is 1.58. The maximum absolute atomic E-state index is 9.67. The molecular formula is C13H21NO. The Labute approximate surface area is 92.3 Å². The lowest BCUT2D eigenvalue weighted by Crippen LogP contribution is -2.29. The van der Waals surface area contributed by atoms with Gasteiger partial charge in [-0.15, -0.1) is 0 Å². The van der Waals surface area contributed by atoms with Crippen LogP contribution in [-0.2, 0) is 6.42 Å². The van der Waals surface area contributed by atoms with E-state index in [4.69, 9.17) is 0 Å². The molecule has 0 aromatic heterocycles. The average Bonchev–Trinajstić information content (AvgIpc) is 2.14. The van der Waals surface area contributed by atoms with Gasteiger partial charge in [0.1, 0.15) is 0 Å². The van der Waals surface area contributed by atoms with Crippen LogP contribution in [0.1, 0.15) is 31.9 Å². The van der Waals surface area contributed by atoms with Crippen LogP contribution in [0.3, 0.4) is 0 Å². The summed E-state index contributed by atoms with van der Waals surface area (Å²) in [5.74, 6) is 0. The number of para-hydroxylation sites is 1. The number of benzene rings is 1. The van der Waals surface area contributed by atoms with Crippen molar-refractivity contribution < 1.29 is 5.11 Å². The zero-order valence-corrected chi connectivity index (χ0v) is 10.1. The topological polar surface area (TPSA) is 32.3 Å². The summed E-state index contributed by atoms with van der Waals surface area (Å²) in [5.41, 5.74) is 3.03. The van der Waals surface area contributed by atoms with Crippen LogP contribution in [-0.4, -0.2) is 17.3 Å². The van der Waals surface area contributed by atoms with Gasteiger partial charge < -0.3 is 10.4 Å². The first-order valence-corrected chi connectivity index (χ1v) is 5.49. The maximum atomic E-state index is 9.67. The van der Waals surface area contributed by atoms with E-state index in [-0.39, 0.29) is 0 Å². The molecule has 0 aliphatic carbocycles. The normalized spacial score (nSPS) is 11.5. The molecule has 15 heavy (non-hydrogen) atoms. The highest BCUT2D eigenvalue weighted by Crippen LogP contribution is 2.21. The van der Waals surface area contributed by atoms with Gasteiger partial charge in [0.05, 0.1) is 5.60 Å². The molecule has 0 bridgehead atoms. The SMILES string of the molecule is CCc1cccc(C)c1NCC(C)(C)O. The summed E-state index contributed by atoms with van der Waals surface area (Å²) in [6.07, 6.45) is 1.01. The second-order valence-corrected chi connectivity index (χ2v) is 4.63. The summed E-state index contributed by atoms with van der Waals surface area (Å²) in [6.45, 7) is 8.43. The zero-order valence-electron chi connectivity index (χ0n) is 10.1. The predicted molar refractivity (Wildman–Crippen MR) is 65.3 cm³/mol. The molecule has 0 aliphatic heterocycles. The molecule has 0 unspecified atom stereocenters. The van der Waals surface area contributed by atoms with Crippen LogP contribution in [0, 0.1) is 6.92 Å². The number of anilines is 1. The average molecular weight is 207 g/mol. The molecule has 2 nitrogen and oxygen atoms in total. The second kappa shape index (κ2) is 4.67. The van der Waals surface area contributed by atoms with Gasteiger partial charge in [0.15, 0.2) is 0 Å². The molecule has 0 saturated carbocycles. The minimum absolute atomic E-state index is 0.574. The van der Waals surface area contributed by atoms with E-state index in [1.807, 2.05) is 13.8 Å². The number of hydrogen-bond donors (Lipinski definition) is 2. The van der Waals surface area contributed by atoms with Crippen LogP contribution < -0.4 is 5.32 Å². The third-order valence-electron chi connectivity index (χ3n) is 2.44. The number of aliphatic hydroxyl groups is 1. The molecule has 0 fully saturated rings. The molecule has 0 radical (unpaired) electrons. The van der Waals surface area contributed by atoms with E-state index in [0.29, 0.717) is 6.54 Å². The molecular weight excluding hydrogens is 186 g/mol. The van der Waals surface area contributed by atoms with E-state index >= 15 is 0 Å². The Balaban J connectivity index is 2.83. The van der Waals surface area contributed by atoms with Crippen molar-refractivity contribution in [3.8, 4) is 0 Å². The number of nitrogens with one attached hydrogen (secondary N) is 1. The highest BCUT2D eigenvalue weighted by Gasteiger charge is 2.13. The molecule has 0 amide bonds. The summed E-state index contributed by atoms with van der Waals surface area (Å²) in [4.78, 5) is 0. The van der Waals surface area contributed by atoms with Crippen molar-refractivity contribution in [1.82, 2.24) is 0 Å². The van der Waals surface area contributed by atoms with Crippen LogP contribution in [0.2, 0.25) is 0 Å². The third-order valence-corrected chi connectivity index (χ3v) is 2.44. The van der Waals surface area contributed by atoms with Crippen LogP contribution in [0.25, 0.3) is 0 Å². The first kappa shape index (κ1) is 12.1. The molecule has 1 aromatic rings. The molecule has 1 aromatic carbocycles. The number of rotatable bonds is 4. The molecule has 0 aliphatic rings. The van der Waals surface area contributed by atoms with Gasteiger partial charge in [-0.1, -0.05) is 25.1 Å². The van der Waals surface area contributed by atoms with Gasteiger partial charge in [-0.3, -0.25) is 0 Å². The van der Waals surface area contributed by atoms with Gasteiger partial charge in [-0.2, -0.15) is 0 Å². The van der Waals surface area contributed by atoms with Crippen molar-refractivity contribution in [2.75, 3.05) is 11.9 Å². The zero-order chi connectivity index (χ0) is 11.5. The molecule has 1 rings (SSSR count).